The monoisotopic (exact) mass is 304 g/mol. The van der Waals surface area contributed by atoms with Gasteiger partial charge in [0.05, 0.1) is 10.8 Å². The van der Waals surface area contributed by atoms with E-state index in [4.69, 9.17) is 0 Å². The summed E-state index contributed by atoms with van der Waals surface area (Å²) in [6.45, 7) is 8.74. The van der Waals surface area contributed by atoms with Crippen molar-refractivity contribution in [1.29, 1.82) is 0 Å². The molecule has 1 aromatic rings. The third-order valence-corrected chi connectivity index (χ3v) is 5.05. The molecule has 2 atom stereocenters. The lowest BCUT2D eigenvalue weighted by atomic mass is 10.3. The highest BCUT2D eigenvalue weighted by atomic mass is 32.2. The van der Waals surface area contributed by atoms with Crippen molar-refractivity contribution < 1.29 is 4.21 Å². The Bertz CT molecular complexity index is 517. The van der Waals surface area contributed by atoms with Crippen LogP contribution in [0.2, 0.25) is 19.6 Å². The summed E-state index contributed by atoms with van der Waals surface area (Å²) < 4.78 is 12.6. The lowest BCUT2D eigenvalue weighted by Gasteiger charge is -2.10. The van der Waals surface area contributed by atoms with Crippen LogP contribution in [0.3, 0.4) is 0 Å². The normalized spacial score (nSPS) is 14.6. The average Bonchev–Trinajstić information content (AvgIpc) is 2.42. The number of allylic oxidation sites excluding steroid dienone is 2. The maximum Gasteiger partial charge on any atom is 0.129 e. The number of rotatable bonds is 5. The van der Waals surface area contributed by atoms with Crippen molar-refractivity contribution in [1.82, 2.24) is 0 Å². The van der Waals surface area contributed by atoms with Gasteiger partial charge in [-0.3, -0.25) is 4.21 Å². The smallest absolute Gasteiger partial charge is 0.129 e. The van der Waals surface area contributed by atoms with Crippen molar-refractivity contribution in [2.45, 2.75) is 49.6 Å². The molecule has 0 aliphatic heterocycles. The van der Waals surface area contributed by atoms with Gasteiger partial charge in [-0.05, 0) is 25.0 Å². The van der Waals surface area contributed by atoms with E-state index < -0.39 is 18.9 Å². The van der Waals surface area contributed by atoms with E-state index in [-0.39, 0.29) is 5.25 Å². The third kappa shape index (κ3) is 6.36. The number of benzene rings is 1. The maximum atomic E-state index is 12.6. The van der Waals surface area contributed by atoms with Crippen LogP contribution in [-0.2, 0) is 10.8 Å². The van der Waals surface area contributed by atoms with Gasteiger partial charge in [0.2, 0.25) is 0 Å². The summed E-state index contributed by atoms with van der Waals surface area (Å²) in [5.41, 5.74) is 3.36. The molecule has 0 saturated heterocycles. The number of hydrogen-bond acceptors (Lipinski definition) is 1. The molecule has 0 heterocycles. The van der Waals surface area contributed by atoms with Gasteiger partial charge in [0.1, 0.15) is 13.3 Å². The minimum absolute atomic E-state index is 0.105. The molecule has 0 radical (unpaired) electrons. The van der Waals surface area contributed by atoms with Gasteiger partial charge in [-0.25, -0.2) is 0 Å². The molecule has 2 unspecified atom stereocenters. The van der Waals surface area contributed by atoms with Crippen LogP contribution in [0.4, 0.5) is 0 Å². The molecular formula is C17H24OSSi. The zero-order valence-electron chi connectivity index (χ0n) is 12.8. The Kier molecular flexibility index (Phi) is 6.98. The first kappa shape index (κ1) is 16.9. The van der Waals surface area contributed by atoms with Gasteiger partial charge in [-0.1, -0.05) is 62.8 Å². The first-order valence-electron chi connectivity index (χ1n) is 7.07. The summed E-state index contributed by atoms with van der Waals surface area (Å²) in [5.74, 6) is 3.28. The molecule has 0 spiro atoms. The molecule has 0 saturated carbocycles. The molecule has 1 aromatic carbocycles. The van der Waals surface area contributed by atoms with E-state index in [1.807, 2.05) is 30.3 Å². The Morgan fingerprint density at radius 1 is 1.20 bits per heavy atom. The Hall–Kier alpha value is -1.11. The van der Waals surface area contributed by atoms with Crippen molar-refractivity contribution in [2.75, 3.05) is 0 Å². The van der Waals surface area contributed by atoms with Crippen LogP contribution in [-0.4, -0.2) is 17.5 Å². The van der Waals surface area contributed by atoms with Crippen molar-refractivity contribution in [3.8, 4) is 11.5 Å². The van der Waals surface area contributed by atoms with Crippen LogP contribution >= 0.6 is 0 Å². The van der Waals surface area contributed by atoms with Gasteiger partial charge in [0.15, 0.2) is 0 Å². The Morgan fingerprint density at radius 2 is 1.85 bits per heavy atom. The lowest BCUT2D eigenvalue weighted by Crippen LogP contribution is -2.19. The average molecular weight is 305 g/mol. The predicted octanol–water partition coefficient (Wildman–Crippen LogP) is 4.40. The largest absolute Gasteiger partial charge is 0.253 e. The molecule has 0 aromatic heterocycles. The second-order valence-electron chi connectivity index (χ2n) is 5.73. The van der Waals surface area contributed by atoms with Crippen LogP contribution < -0.4 is 0 Å². The number of hydrogen-bond donors (Lipinski definition) is 0. The topological polar surface area (TPSA) is 17.1 Å². The molecule has 20 heavy (non-hydrogen) atoms. The van der Waals surface area contributed by atoms with E-state index in [1.165, 1.54) is 0 Å². The van der Waals surface area contributed by atoms with Crippen molar-refractivity contribution in [3.05, 3.63) is 42.5 Å². The van der Waals surface area contributed by atoms with Crippen molar-refractivity contribution in [3.63, 3.8) is 0 Å². The standard InChI is InChI=1S/C17H24OSSi/c1-5-6-8-11-17(14-15-20(2,3)4)19(18)16-12-9-7-10-13-16/h6-10,12-13,17H,5,11H2,1-4H3/b8-6-. The Morgan fingerprint density at radius 3 is 2.40 bits per heavy atom. The maximum absolute atomic E-state index is 12.6. The highest BCUT2D eigenvalue weighted by molar-refractivity contribution is 7.86. The van der Waals surface area contributed by atoms with Crippen LogP contribution in [0.1, 0.15) is 19.8 Å². The van der Waals surface area contributed by atoms with E-state index in [1.54, 1.807) is 0 Å². The molecule has 0 fully saturated rings. The van der Waals surface area contributed by atoms with E-state index in [2.05, 4.69) is 50.2 Å². The zero-order chi connectivity index (χ0) is 15.0. The van der Waals surface area contributed by atoms with Gasteiger partial charge >= 0.3 is 0 Å². The molecule has 0 aliphatic rings. The first-order valence-corrected chi connectivity index (χ1v) is 11.8. The first-order chi connectivity index (χ1) is 9.44. The molecule has 0 amide bonds. The summed E-state index contributed by atoms with van der Waals surface area (Å²) in [4.78, 5) is 0.868. The molecule has 0 N–H and O–H groups in total. The Labute approximate surface area is 127 Å². The zero-order valence-corrected chi connectivity index (χ0v) is 14.7. The van der Waals surface area contributed by atoms with Gasteiger partial charge in [0.25, 0.3) is 0 Å². The van der Waals surface area contributed by atoms with Gasteiger partial charge in [-0.15, -0.1) is 5.54 Å². The minimum atomic E-state index is -1.43. The van der Waals surface area contributed by atoms with E-state index in [0.29, 0.717) is 0 Å². The second-order valence-corrected chi connectivity index (χ2v) is 12.1. The molecule has 1 rings (SSSR count). The van der Waals surface area contributed by atoms with Crippen LogP contribution in [0.15, 0.2) is 47.4 Å². The van der Waals surface area contributed by atoms with Crippen LogP contribution in [0.5, 0.6) is 0 Å². The molecule has 108 valence electrons. The highest BCUT2D eigenvalue weighted by Crippen LogP contribution is 2.14. The third-order valence-electron chi connectivity index (χ3n) is 2.59. The second kappa shape index (κ2) is 8.24. The molecule has 0 aliphatic carbocycles. The molecule has 1 nitrogen and oxygen atoms in total. The summed E-state index contributed by atoms with van der Waals surface area (Å²) in [7, 11) is -2.50. The highest BCUT2D eigenvalue weighted by Gasteiger charge is 2.16. The fourth-order valence-electron chi connectivity index (χ4n) is 1.60. The lowest BCUT2D eigenvalue weighted by molar-refractivity contribution is 0.678. The summed E-state index contributed by atoms with van der Waals surface area (Å²) in [5, 5.41) is -0.105. The molecular weight excluding hydrogens is 280 g/mol. The summed E-state index contributed by atoms with van der Waals surface area (Å²) in [6, 6.07) is 9.64. The quantitative estimate of drug-likeness (QED) is 0.448. The summed E-state index contributed by atoms with van der Waals surface area (Å²) in [6.07, 6.45) is 5.98. The minimum Gasteiger partial charge on any atom is -0.253 e. The van der Waals surface area contributed by atoms with Gasteiger partial charge < -0.3 is 0 Å². The van der Waals surface area contributed by atoms with E-state index >= 15 is 0 Å². The van der Waals surface area contributed by atoms with Gasteiger partial charge in [0, 0.05) is 4.90 Å². The SMILES string of the molecule is CC/C=C\CC(C#C[Si](C)(C)C)S(=O)c1ccccc1. The van der Waals surface area contributed by atoms with Gasteiger partial charge in [-0.2, -0.15) is 0 Å². The predicted molar refractivity (Wildman–Crippen MR) is 91.8 cm³/mol. The molecule has 0 bridgehead atoms. The van der Waals surface area contributed by atoms with Crippen molar-refractivity contribution in [2.24, 2.45) is 0 Å². The Balaban J connectivity index is 2.94. The molecule has 3 heteroatoms. The fourth-order valence-corrected chi connectivity index (χ4v) is 3.52. The summed E-state index contributed by atoms with van der Waals surface area (Å²) >= 11 is 0. The fraction of sp³-hybridized carbons (Fsp3) is 0.412. The van der Waals surface area contributed by atoms with E-state index in [9.17, 15) is 4.21 Å². The van der Waals surface area contributed by atoms with Crippen LogP contribution in [0, 0.1) is 11.5 Å². The van der Waals surface area contributed by atoms with E-state index in [0.717, 1.165) is 17.7 Å². The van der Waals surface area contributed by atoms with Crippen LogP contribution in [0.25, 0.3) is 0 Å². The van der Waals surface area contributed by atoms with Crippen molar-refractivity contribution >= 4 is 18.9 Å².